The molecule has 0 unspecified atom stereocenters. The van der Waals surface area contributed by atoms with Crippen molar-refractivity contribution in [1.29, 1.82) is 0 Å². The molecule has 0 radical (unpaired) electrons. The molecule has 0 atom stereocenters. The Morgan fingerprint density at radius 2 is 2.29 bits per heavy atom. The lowest BCUT2D eigenvalue weighted by atomic mass is 10.3. The normalized spacial score (nSPS) is 10.1. The summed E-state index contributed by atoms with van der Waals surface area (Å²) in [5, 5.41) is 0.765. The molecule has 14 heavy (non-hydrogen) atoms. The van der Waals surface area contributed by atoms with Gasteiger partial charge in [0, 0.05) is 16.3 Å². The van der Waals surface area contributed by atoms with E-state index >= 15 is 0 Å². The average Bonchev–Trinajstić information content (AvgIpc) is 2.12. The van der Waals surface area contributed by atoms with Gasteiger partial charge in [-0.15, -0.1) is 11.8 Å². The van der Waals surface area contributed by atoms with Crippen molar-refractivity contribution in [2.45, 2.75) is 24.7 Å². The van der Waals surface area contributed by atoms with Crippen LogP contribution in [0, 0.1) is 0 Å². The number of rotatable bonds is 5. The summed E-state index contributed by atoms with van der Waals surface area (Å²) < 4.78 is 0. The molecule has 0 spiro atoms. The van der Waals surface area contributed by atoms with Crippen LogP contribution in [0.3, 0.4) is 0 Å². The average molecular weight is 229 g/mol. The van der Waals surface area contributed by atoms with Crippen LogP contribution in [0.5, 0.6) is 0 Å². The van der Waals surface area contributed by atoms with Crippen molar-refractivity contribution in [3.05, 3.63) is 29.3 Å². The summed E-state index contributed by atoms with van der Waals surface area (Å²) in [6.45, 7) is 1.63. The van der Waals surface area contributed by atoms with Crippen LogP contribution in [0.1, 0.15) is 19.8 Å². The van der Waals surface area contributed by atoms with Crippen molar-refractivity contribution < 1.29 is 4.79 Å². The Kier molecular flexibility index (Phi) is 5.05. The number of carbonyl (C=O) groups excluding carboxylic acids is 1. The molecule has 0 saturated heterocycles. The van der Waals surface area contributed by atoms with E-state index in [-0.39, 0.29) is 5.78 Å². The molecule has 0 bridgehead atoms. The van der Waals surface area contributed by atoms with E-state index in [0.717, 1.165) is 17.2 Å². The number of benzene rings is 1. The van der Waals surface area contributed by atoms with Gasteiger partial charge in [-0.25, -0.2) is 0 Å². The van der Waals surface area contributed by atoms with Crippen molar-refractivity contribution in [3.63, 3.8) is 0 Å². The fourth-order valence-electron chi connectivity index (χ4n) is 1.07. The molecule has 0 saturated carbocycles. The van der Waals surface area contributed by atoms with Crippen LogP contribution < -0.4 is 0 Å². The molecule has 3 heteroatoms. The number of carbonyl (C=O) groups is 1. The molecule has 0 fully saturated rings. The van der Waals surface area contributed by atoms with E-state index in [1.807, 2.05) is 24.3 Å². The van der Waals surface area contributed by atoms with Gasteiger partial charge in [-0.3, -0.25) is 0 Å². The SMILES string of the molecule is CC(=O)CCCSc1cccc(Cl)c1. The minimum Gasteiger partial charge on any atom is -0.300 e. The van der Waals surface area contributed by atoms with Gasteiger partial charge in [0.25, 0.3) is 0 Å². The Labute approximate surface area is 93.8 Å². The van der Waals surface area contributed by atoms with Crippen LogP contribution in [0.25, 0.3) is 0 Å². The van der Waals surface area contributed by atoms with Crippen LogP contribution in [0.4, 0.5) is 0 Å². The Morgan fingerprint density at radius 1 is 1.50 bits per heavy atom. The monoisotopic (exact) mass is 228 g/mol. The molecule has 0 aromatic heterocycles. The van der Waals surface area contributed by atoms with Crippen molar-refractivity contribution in [2.24, 2.45) is 0 Å². The van der Waals surface area contributed by atoms with E-state index in [0.29, 0.717) is 6.42 Å². The fourth-order valence-corrected chi connectivity index (χ4v) is 2.23. The molecular formula is C11H13ClOS. The number of ketones is 1. The molecule has 0 amide bonds. The Bertz CT molecular complexity index is 312. The van der Waals surface area contributed by atoms with Gasteiger partial charge in [-0.2, -0.15) is 0 Å². The lowest BCUT2D eigenvalue weighted by Crippen LogP contribution is -1.90. The van der Waals surface area contributed by atoms with E-state index in [1.54, 1.807) is 18.7 Å². The van der Waals surface area contributed by atoms with Crippen LogP contribution in [-0.2, 0) is 4.79 Å². The van der Waals surface area contributed by atoms with Crippen LogP contribution in [0.2, 0.25) is 5.02 Å². The lowest BCUT2D eigenvalue weighted by Gasteiger charge is -2.00. The van der Waals surface area contributed by atoms with E-state index in [2.05, 4.69) is 0 Å². The fraction of sp³-hybridized carbons (Fsp3) is 0.364. The second kappa shape index (κ2) is 6.10. The molecule has 1 rings (SSSR count). The van der Waals surface area contributed by atoms with Gasteiger partial charge in [-0.1, -0.05) is 17.7 Å². The number of hydrogen-bond acceptors (Lipinski definition) is 2. The first-order chi connectivity index (χ1) is 6.68. The quantitative estimate of drug-likeness (QED) is 0.563. The maximum atomic E-state index is 10.7. The topological polar surface area (TPSA) is 17.1 Å². The minimum absolute atomic E-state index is 0.261. The molecule has 0 aliphatic rings. The van der Waals surface area contributed by atoms with Crippen molar-refractivity contribution >= 4 is 29.1 Å². The van der Waals surface area contributed by atoms with Crippen LogP contribution >= 0.6 is 23.4 Å². The molecule has 0 heterocycles. The summed E-state index contributed by atoms with van der Waals surface area (Å²) in [5.74, 6) is 1.23. The zero-order valence-electron chi connectivity index (χ0n) is 8.13. The third-order valence-corrected chi connectivity index (χ3v) is 3.05. The van der Waals surface area contributed by atoms with Gasteiger partial charge in [-0.05, 0) is 37.3 Å². The maximum Gasteiger partial charge on any atom is 0.129 e. The zero-order chi connectivity index (χ0) is 10.4. The molecule has 0 N–H and O–H groups in total. The molecule has 76 valence electrons. The van der Waals surface area contributed by atoms with Gasteiger partial charge in [0.2, 0.25) is 0 Å². The molecule has 1 aromatic rings. The summed E-state index contributed by atoms with van der Waals surface area (Å²) in [5.41, 5.74) is 0. The lowest BCUT2D eigenvalue weighted by molar-refractivity contribution is -0.117. The molecule has 0 aliphatic carbocycles. The van der Waals surface area contributed by atoms with Gasteiger partial charge in [0.15, 0.2) is 0 Å². The summed E-state index contributed by atoms with van der Waals surface area (Å²) in [6.07, 6.45) is 1.61. The molecule has 1 aromatic carbocycles. The largest absolute Gasteiger partial charge is 0.300 e. The first-order valence-electron chi connectivity index (χ1n) is 4.56. The van der Waals surface area contributed by atoms with Gasteiger partial charge < -0.3 is 4.79 Å². The Balaban J connectivity index is 2.28. The maximum absolute atomic E-state index is 10.7. The smallest absolute Gasteiger partial charge is 0.129 e. The zero-order valence-corrected chi connectivity index (χ0v) is 9.70. The predicted octanol–water partition coefficient (Wildman–Crippen LogP) is 3.80. The highest BCUT2D eigenvalue weighted by atomic mass is 35.5. The molecular weight excluding hydrogens is 216 g/mol. The van der Waals surface area contributed by atoms with Gasteiger partial charge in [0.05, 0.1) is 0 Å². The van der Waals surface area contributed by atoms with Crippen LogP contribution in [0.15, 0.2) is 29.2 Å². The summed E-state index contributed by atoms with van der Waals surface area (Å²) in [7, 11) is 0. The third-order valence-electron chi connectivity index (χ3n) is 1.74. The standard InChI is InChI=1S/C11H13ClOS/c1-9(13)4-3-7-14-11-6-2-5-10(12)8-11/h2,5-6,8H,3-4,7H2,1H3. The van der Waals surface area contributed by atoms with Crippen molar-refractivity contribution in [2.75, 3.05) is 5.75 Å². The Morgan fingerprint density at radius 3 is 2.93 bits per heavy atom. The number of thioether (sulfide) groups is 1. The van der Waals surface area contributed by atoms with Crippen molar-refractivity contribution in [1.82, 2.24) is 0 Å². The summed E-state index contributed by atoms with van der Waals surface area (Å²) >= 11 is 7.58. The second-order valence-electron chi connectivity index (χ2n) is 3.11. The second-order valence-corrected chi connectivity index (χ2v) is 4.72. The number of hydrogen-bond donors (Lipinski definition) is 0. The highest BCUT2D eigenvalue weighted by Crippen LogP contribution is 2.22. The van der Waals surface area contributed by atoms with E-state index in [4.69, 9.17) is 11.6 Å². The van der Waals surface area contributed by atoms with E-state index in [1.165, 1.54) is 4.90 Å². The number of Topliss-reactive ketones (excluding diaryl/α,β-unsaturated/α-hetero) is 1. The van der Waals surface area contributed by atoms with Gasteiger partial charge >= 0.3 is 0 Å². The summed E-state index contributed by atoms with van der Waals surface area (Å²) in [4.78, 5) is 11.8. The molecule has 0 aliphatic heterocycles. The van der Waals surface area contributed by atoms with Crippen LogP contribution in [-0.4, -0.2) is 11.5 Å². The van der Waals surface area contributed by atoms with E-state index in [9.17, 15) is 4.79 Å². The summed E-state index contributed by atoms with van der Waals surface area (Å²) in [6, 6.07) is 7.78. The third kappa shape index (κ3) is 4.68. The highest BCUT2D eigenvalue weighted by Gasteiger charge is 1.97. The predicted molar refractivity (Wildman–Crippen MR) is 62.1 cm³/mol. The first-order valence-corrected chi connectivity index (χ1v) is 5.92. The molecule has 1 nitrogen and oxygen atoms in total. The Hall–Kier alpha value is -0.470. The van der Waals surface area contributed by atoms with E-state index < -0.39 is 0 Å². The first kappa shape index (κ1) is 11.6. The van der Waals surface area contributed by atoms with Gasteiger partial charge in [0.1, 0.15) is 5.78 Å². The highest BCUT2D eigenvalue weighted by molar-refractivity contribution is 7.99. The van der Waals surface area contributed by atoms with Crippen molar-refractivity contribution in [3.8, 4) is 0 Å². The number of halogens is 1. The minimum atomic E-state index is 0.261.